The summed E-state index contributed by atoms with van der Waals surface area (Å²) < 4.78 is 68.2. The molecule has 13 heteroatoms. The Balaban J connectivity index is 1.61. The summed E-state index contributed by atoms with van der Waals surface area (Å²) in [5, 5.41) is 11.9. The SMILES string of the molecule is O=C1NC(c2cc(F)ccc2Cl)c2c(Nc3cc(F)ccn3)cc(-c3cc(C(F)(F)F)[nH]n3)c3c2N1CC3. The number of aromatic amines is 1. The Kier molecular flexibility index (Phi) is 5.53. The van der Waals surface area contributed by atoms with Crippen molar-refractivity contribution in [3.63, 3.8) is 0 Å². The first-order valence-electron chi connectivity index (χ1n) is 11.3. The van der Waals surface area contributed by atoms with E-state index in [-0.39, 0.29) is 28.6 Å². The standard InChI is InChI=1S/C25H16ClF5N6O/c26-16-2-1-11(27)7-15(16)22-21-18(33-20-8-12(28)3-5-32-20)9-14(17-10-19(36-35-17)25(29,30)31)13-4-6-37(23(13)21)24(38)34-22/h1-3,5,7-10,22H,4,6H2,(H,32,33)(H,34,38)(H,35,36). The van der Waals surface area contributed by atoms with Gasteiger partial charge < -0.3 is 10.6 Å². The van der Waals surface area contributed by atoms with Gasteiger partial charge in [-0.05, 0) is 48.4 Å². The Labute approximate surface area is 216 Å². The van der Waals surface area contributed by atoms with Gasteiger partial charge in [-0.1, -0.05) is 11.6 Å². The fourth-order valence-electron chi connectivity index (χ4n) is 4.91. The van der Waals surface area contributed by atoms with Crippen molar-refractivity contribution in [2.24, 2.45) is 0 Å². The number of H-pyrrole nitrogens is 1. The van der Waals surface area contributed by atoms with Crippen molar-refractivity contribution >= 4 is 34.8 Å². The molecule has 0 saturated heterocycles. The van der Waals surface area contributed by atoms with E-state index in [1.54, 1.807) is 6.07 Å². The van der Waals surface area contributed by atoms with Crippen LogP contribution in [0.4, 0.5) is 43.9 Å². The first-order chi connectivity index (χ1) is 18.1. The molecule has 0 spiro atoms. The summed E-state index contributed by atoms with van der Waals surface area (Å²) in [6.45, 7) is 0.253. The minimum absolute atomic E-state index is 0.0125. The van der Waals surface area contributed by atoms with Gasteiger partial charge in [-0.25, -0.2) is 18.6 Å². The van der Waals surface area contributed by atoms with E-state index in [0.717, 1.165) is 18.2 Å². The van der Waals surface area contributed by atoms with Crippen LogP contribution in [0.25, 0.3) is 11.3 Å². The highest BCUT2D eigenvalue weighted by Gasteiger charge is 2.41. The summed E-state index contributed by atoms with van der Waals surface area (Å²) >= 11 is 6.41. The van der Waals surface area contributed by atoms with E-state index in [1.807, 2.05) is 5.10 Å². The molecule has 2 aromatic heterocycles. The molecule has 0 aliphatic carbocycles. The normalized spacial score (nSPS) is 16.4. The highest BCUT2D eigenvalue weighted by Crippen LogP contribution is 2.50. The van der Waals surface area contributed by atoms with Crippen LogP contribution in [0.5, 0.6) is 0 Å². The van der Waals surface area contributed by atoms with Crippen LogP contribution in [0.15, 0.2) is 48.7 Å². The number of anilines is 3. The second-order valence-corrected chi connectivity index (χ2v) is 9.22. The zero-order valence-corrected chi connectivity index (χ0v) is 19.9. The smallest absolute Gasteiger partial charge is 0.340 e. The molecule has 0 bridgehead atoms. The van der Waals surface area contributed by atoms with E-state index in [2.05, 4.69) is 20.7 Å². The van der Waals surface area contributed by atoms with Gasteiger partial charge in [0.25, 0.3) is 0 Å². The Morgan fingerprint density at radius 3 is 2.61 bits per heavy atom. The molecule has 3 N–H and O–H groups in total. The Hall–Kier alpha value is -4.19. The molecule has 7 nitrogen and oxygen atoms in total. The number of alkyl halides is 3. The molecule has 38 heavy (non-hydrogen) atoms. The number of benzene rings is 2. The molecule has 4 aromatic rings. The lowest BCUT2D eigenvalue weighted by atomic mass is 9.88. The molecule has 2 amide bonds. The summed E-state index contributed by atoms with van der Waals surface area (Å²) in [4.78, 5) is 18.7. The first-order valence-corrected chi connectivity index (χ1v) is 11.7. The number of halogens is 6. The van der Waals surface area contributed by atoms with Gasteiger partial charge in [0.2, 0.25) is 0 Å². The summed E-state index contributed by atoms with van der Waals surface area (Å²) in [7, 11) is 0. The Bertz CT molecular complexity index is 1600. The van der Waals surface area contributed by atoms with E-state index < -0.39 is 35.6 Å². The quantitative estimate of drug-likeness (QED) is 0.261. The number of hydrogen-bond donors (Lipinski definition) is 3. The molecule has 2 aliphatic heterocycles. The molecule has 4 heterocycles. The van der Waals surface area contributed by atoms with Crippen LogP contribution in [0, 0.1) is 11.6 Å². The van der Waals surface area contributed by atoms with Gasteiger partial charge in [0.15, 0.2) is 0 Å². The van der Waals surface area contributed by atoms with Crippen molar-refractivity contribution in [1.82, 2.24) is 20.5 Å². The fraction of sp³-hybridized carbons (Fsp3) is 0.160. The second kappa shape index (κ2) is 8.69. The minimum atomic E-state index is -4.64. The molecule has 0 saturated carbocycles. The van der Waals surface area contributed by atoms with Gasteiger partial charge in [-0.3, -0.25) is 10.00 Å². The van der Waals surface area contributed by atoms with Crippen molar-refractivity contribution in [2.45, 2.75) is 18.6 Å². The van der Waals surface area contributed by atoms with Gasteiger partial charge in [-0.2, -0.15) is 18.3 Å². The van der Waals surface area contributed by atoms with Crippen molar-refractivity contribution in [3.8, 4) is 11.3 Å². The molecule has 1 unspecified atom stereocenters. The predicted molar refractivity (Wildman–Crippen MR) is 129 cm³/mol. The number of urea groups is 1. The summed E-state index contributed by atoms with van der Waals surface area (Å²) in [5.74, 6) is -1.04. The molecule has 2 aliphatic rings. The molecule has 194 valence electrons. The topological polar surface area (TPSA) is 85.9 Å². The zero-order valence-electron chi connectivity index (χ0n) is 19.1. The van der Waals surface area contributed by atoms with Crippen molar-refractivity contribution in [3.05, 3.63) is 87.7 Å². The van der Waals surface area contributed by atoms with Crippen LogP contribution in [0.2, 0.25) is 5.02 Å². The average Bonchev–Trinajstić information content (AvgIpc) is 3.52. The van der Waals surface area contributed by atoms with E-state index in [4.69, 9.17) is 11.6 Å². The molecule has 6 rings (SSSR count). The number of nitrogens with zero attached hydrogens (tertiary/aromatic N) is 3. The maximum atomic E-state index is 14.3. The number of hydrogen-bond acceptors (Lipinski definition) is 4. The number of carbonyl (C=O) groups is 1. The highest BCUT2D eigenvalue weighted by atomic mass is 35.5. The lowest BCUT2D eigenvalue weighted by molar-refractivity contribution is -0.141. The number of amides is 2. The summed E-state index contributed by atoms with van der Waals surface area (Å²) in [6, 6.07) is 7.09. The van der Waals surface area contributed by atoms with Gasteiger partial charge in [0.05, 0.1) is 17.4 Å². The molecule has 1 atom stereocenters. The van der Waals surface area contributed by atoms with Crippen LogP contribution >= 0.6 is 11.6 Å². The Morgan fingerprint density at radius 1 is 1.08 bits per heavy atom. The fourth-order valence-corrected chi connectivity index (χ4v) is 5.14. The summed E-state index contributed by atoms with van der Waals surface area (Å²) in [6.07, 6.45) is -3.06. The molecule has 0 radical (unpaired) electrons. The minimum Gasteiger partial charge on any atom is -0.340 e. The van der Waals surface area contributed by atoms with Gasteiger partial charge in [0, 0.05) is 46.2 Å². The van der Waals surface area contributed by atoms with Crippen LogP contribution in [0.1, 0.15) is 28.4 Å². The lowest BCUT2D eigenvalue weighted by Gasteiger charge is -2.35. The van der Waals surface area contributed by atoms with Crippen LogP contribution in [-0.2, 0) is 12.6 Å². The first kappa shape index (κ1) is 24.2. The van der Waals surface area contributed by atoms with Gasteiger partial charge >= 0.3 is 12.2 Å². The van der Waals surface area contributed by atoms with E-state index in [0.29, 0.717) is 34.5 Å². The molecular formula is C25H16ClF5N6O. The van der Waals surface area contributed by atoms with Gasteiger partial charge in [0.1, 0.15) is 23.1 Å². The van der Waals surface area contributed by atoms with Crippen LogP contribution in [0.3, 0.4) is 0 Å². The monoisotopic (exact) mass is 546 g/mol. The van der Waals surface area contributed by atoms with E-state index in [9.17, 15) is 26.7 Å². The number of carbonyl (C=O) groups excluding carboxylic acids is 1. The number of aromatic nitrogens is 3. The number of nitrogens with one attached hydrogen (secondary N) is 3. The number of pyridine rings is 1. The third kappa shape index (κ3) is 4.01. The van der Waals surface area contributed by atoms with Crippen LogP contribution in [-0.4, -0.2) is 27.8 Å². The maximum absolute atomic E-state index is 14.3. The third-order valence-electron chi connectivity index (χ3n) is 6.51. The van der Waals surface area contributed by atoms with E-state index in [1.165, 1.54) is 29.3 Å². The van der Waals surface area contributed by atoms with Crippen molar-refractivity contribution < 1.29 is 26.7 Å². The third-order valence-corrected chi connectivity index (χ3v) is 6.86. The van der Waals surface area contributed by atoms with E-state index >= 15 is 0 Å². The molecule has 0 fully saturated rings. The largest absolute Gasteiger partial charge is 0.432 e. The molecule has 2 aromatic carbocycles. The Morgan fingerprint density at radius 2 is 1.87 bits per heavy atom. The van der Waals surface area contributed by atoms with Crippen LogP contribution < -0.4 is 15.5 Å². The highest BCUT2D eigenvalue weighted by molar-refractivity contribution is 6.31. The van der Waals surface area contributed by atoms with Crippen molar-refractivity contribution in [1.29, 1.82) is 0 Å². The second-order valence-electron chi connectivity index (χ2n) is 8.81. The lowest BCUT2D eigenvalue weighted by Crippen LogP contribution is -2.46. The van der Waals surface area contributed by atoms with Gasteiger partial charge in [-0.15, -0.1) is 0 Å². The van der Waals surface area contributed by atoms with Crippen molar-refractivity contribution in [2.75, 3.05) is 16.8 Å². The zero-order chi connectivity index (χ0) is 26.8. The average molecular weight is 547 g/mol. The molecular weight excluding hydrogens is 531 g/mol. The predicted octanol–water partition coefficient (Wildman–Crippen LogP) is 6.34. The summed E-state index contributed by atoms with van der Waals surface area (Å²) in [5.41, 5.74) is 1.40. The number of rotatable bonds is 4. The maximum Gasteiger partial charge on any atom is 0.432 e.